The highest BCUT2D eigenvalue weighted by Gasteiger charge is 2.21. The monoisotopic (exact) mass is 239 g/mol. The molecule has 3 nitrogen and oxygen atoms in total. The van der Waals surface area contributed by atoms with Gasteiger partial charge in [0.15, 0.2) is 0 Å². The highest BCUT2D eigenvalue weighted by Crippen LogP contribution is 2.08. The number of hydrogen-bond acceptors (Lipinski definition) is 4. The van der Waals surface area contributed by atoms with E-state index >= 15 is 0 Å². The fourth-order valence-corrected chi connectivity index (χ4v) is 2.77. The predicted octanol–water partition coefficient (Wildman–Crippen LogP) is 1.08. The van der Waals surface area contributed by atoms with Gasteiger partial charge in [-0.1, -0.05) is 6.07 Å². The van der Waals surface area contributed by atoms with Gasteiger partial charge in [0.2, 0.25) is 0 Å². The molecule has 2 rings (SSSR count). The van der Waals surface area contributed by atoms with Crippen molar-refractivity contribution in [1.29, 1.82) is 0 Å². The molecule has 0 saturated carbocycles. The highest BCUT2D eigenvalue weighted by molar-refractivity contribution is 7.09. The maximum Gasteiger partial charge on any atom is 0.0345 e. The van der Waals surface area contributed by atoms with Crippen LogP contribution in [-0.4, -0.2) is 56.1 Å². The van der Waals surface area contributed by atoms with E-state index in [0.29, 0.717) is 6.04 Å². The van der Waals surface area contributed by atoms with Crippen LogP contribution in [0.4, 0.5) is 0 Å². The largest absolute Gasteiger partial charge is 0.310 e. The number of piperazine rings is 1. The Morgan fingerprint density at radius 1 is 1.44 bits per heavy atom. The molecule has 1 aromatic rings. The molecule has 0 aromatic carbocycles. The predicted molar refractivity (Wildman–Crippen MR) is 69.9 cm³/mol. The van der Waals surface area contributed by atoms with E-state index in [0.717, 1.165) is 13.1 Å². The highest BCUT2D eigenvalue weighted by atomic mass is 32.1. The van der Waals surface area contributed by atoms with E-state index in [-0.39, 0.29) is 0 Å². The summed E-state index contributed by atoms with van der Waals surface area (Å²) < 4.78 is 0. The fourth-order valence-electron chi connectivity index (χ4n) is 2.10. The first-order valence-electron chi connectivity index (χ1n) is 5.87. The maximum absolute atomic E-state index is 3.55. The first-order chi connectivity index (χ1) is 7.75. The summed E-state index contributed by atoms with van der Waals surface area (Å²) in [5.74, 6) is 0. The Hall–Kier alpha value is -0.420. The Kier molecular flexibility index (Phi) is 4.35. The molecule has 1 saturated heterocycles. The molecule has 1 fully saturated rings. The summed E-state index contributed by atoms with van der Waals surface area (Å²) in [5, 5.41) is 5.69. The molecule has 16 heavy (non-hydrogen) atoms. The van der Waals surface area contributed by atoms with Gasteiger partial charge in [-0.25, -0.2) is 0 Å². The Morgan fingerprint density at radius 2 is 2.31 bits per heavy atom. The van der Waals surface area contributed by atoms with Crippen molar-refractivity contribution >= 4 is 11.3 Å². The molecule has 0 amide bonds. The zero-order chi connectivity index (χ0) is 11.4. The third kappa shape index (κ3) is 3.28. The third-order valence-electron chi connectivity index (χ3n) is 3.24. The van der Waals surface area contributed by atoms with Crippen LogP contribution in [0.15, 0.2) is 17.5 Å². The van der Waals surface area contributed by atoms with Crippen molar-refractivity contribution in [3.8, 4) is 0 Å². The minimum absolute atomic E-state index is 0.652. The lowest BCUT2D eigenvalue weighted by Gasteiger charge is -2.37. The number of likely N-dealkylation sites (N-methyl/N-ethyl adjacent to an activating group) is 2. The van der Waals surface area contributed by atoms with E-state index in [1.54, 1.807) is 0 Å². The lowest BCUT2D eigenvalue weighted by Crippen LogP contribution is -2.53. The topological polar surface area (TPSA) is 18.5 Å². The standard InChI is InChI=1S/C12H21N3S/c1-14-5-6-15(2)11(10-14)8-13-9-12-4-3-7-16-12/h3-4,7,11,13H,5-6,8-10H2,1-2H3. The van der Waals surface area contributed by atoms with Gasteiger partial charge in [0.25, 0.3) is 0 Å². The van der Waals surface area contributed by atoms with Crippen molar-refractivity contribution in [2.75, 3.05) is 40.3 Å². The number of nitrogens with one attached hydrogen (secondary N) is 1. The van der Waals surface area contributed by atoms with Crippen LogP contribution in [0.25, 0.3) is 0 Å². The second-order valence-electron chi connectivity index (χ2n) is 4.61. The van der Waals surface area contributed by atoms with E-state index in [1.165, 1.54) is 24.5 Å². The number of rotatable bonds is 4. The molecule has 0 aliphatic carbocycles. The molecule has 0 bridgehead atoms. The van der Waals surface area contributed by atoms with Crippen molar-refractivity contribution in [2.24, 2.45) is 0 Å². The molecule has 1 unspecified atom stereocenters. The van der Waals surface area contributed by atoms with Crippen molar-refractivity contribution in [3.05, 3.63) is 22.4 Å². The van der Waals surface area contributed by atoms with E-state index in [2.05, 4.69) is 46.7 Å². The summed E-state index contributed by atoms with van der Waals surface area (Å²) in [4.78, 5) is 6.30. The molecular weight excluding hydrogens is 218 g/mol. The van der Waals surface area contributed by atoms with Gasteiger partial charge < -0.3 is 10.2 Å². The van der Waals surface area contributed by atoms with Gasteiger partial charge in [0, 0.05) is 43.6 Å². The van der Waals surface area contributed by atoms with Crippen LogP contribution < -0.4 is 5.32 Å². The molecule has 1 aliphatic rings. The maximum atomic E-state index is 3.55. The Morgan fingerprint density at radius 3 is 3.06 bits per heavy atom. The first-order valence-corrected chi connectivity index (χ1v) is 6.75. The van der Waals surface area contributed by atoms with E-state index < -0.39 is 0 Å². The normalized spacial score (nSPS) is 23.8. The third-order valence-corrected chi connectivity index (χ3v) is 4.12. The first kappa shape index (κ1) is 12.0. The van der Waals surface area contributed by atoms with E-state index in [1.807, 2.05) is 11.3 Å². The molecule has 1 aromatic heterocycles. The Labute approximate surface area is 102 Å². The van der Waals surface area contributed by atoms with Crippen LogP contribution in [0.2, 0.25) is 0 Å². The number of nitrogens with zero attached hydrogens (tertiary/aromatic N) is 2. The van der Waals surface area contributed by atoms with Crippen molar-refractivity contribution in [2.45, 2.75) is 12.6 Å². The number of hydrogen-bond donors (Lipinski definition) is 1. The molecule has 0 spiro atoms. The zero-order valence-corrected chi connectivity index (χ0v) is 11.0. The summed E-state index contributed by atoms with van der Waals surface area (Å²) in [6.45, 7) is 5.64. The van der Waals surface area contributed by atoms with Crippen molar-refractivity contribution in [1.82, 2.24) is 15.1 Å². The van der Waals surface area contributed by atoms with E-state index in [4.69, 9.17) is 0 Å². The Balaban J connectivity index is 1.72. The molecule has 90 valence electrons. The lowest BCUT2D eigenvalue weighted by atomic mass is 10.2. The second kappa shape index (κ2) is 5.77. The van der Waals surface area contributed by atoms with Crippen molar-refractivity contribution in [3.63, 3.8) is 0 Å². The van der Waals surface area contributed by atoms with Gasteiger partial charge in [-0.2, -0.15) is 0 Å². The summed E-state index contributed by atoms with van der Waals surface area (Å²) in [5.41, 5.74) is 0. The quantitative estimate of drug-likeness (QED) is 0.848. The van der Waals surface area contributed by atoms with Gasteiger partial charge in [-0.05, 0) is 25.5 Å². The van der Waals surface area contributed by atoms with Crippen LogP contribution in [0.5, 0.6) is 0 Å². The average Bonchev–Trinajstić information content (AvgIpc) is 2.76. The molecular formula is C12H21N3S. The molecule has 2 heterocycles. The van der Waals surface area contributed by atoms with Gasteiger partial charge in [-0.3, -0.25) is 4.90 Å². The van der Waals surface area contributed by atoms with Gasteiger partial charge in [0.05, 0.1) is 0 Å². The van der Waals surface area contributed by atoms with Gasteiger partial charge in [0.1, 0.15) is 0 Å². The summed E-state index contributed by atoms with van der Waals surface area (Å²) in [6, 6.07) is 4.95. The van der Waals surface area contributed by atoms with Crippen LogP contribution in [-0.2, 0) is 6.54 Å². The molecule has 0 radical (unpaired) electrons. The SMILES string of the molecule is CN1CCN(C)C(CNCc2cccs2)C1. The van der Waals surface area contributed by atoms with Crippen LogP contribution in [0.3, 0.4) is 0 Å². The van der Waals surface area contributed by atoms with Crippen LogP contribution in [0, 0.1) is 0 Å². The molecule has 4 heteroatoms. The summed E-state index contributed by atoms with van der Waals surface area (Å²) in [6.07, 6.45) is 0. The molecule has 1 N–H and O–H groups in total. The minimum Gasteiger partial charge on any atom is -0.310 e. The Bertz CT molecular complexity index is 299. The lowest BCUT2D eigenvalue weighted by molar-refractivity contribution is 0.113. The fraction of sp³-hybridized carbons (Fsp3) is 0.667. The minimum atomic E-state index is 0.652. The van der Waals surface area contributed by atoms with Crippen LogP contribution >= 0.6 is 11.3 Å². The van der Waals surface area contributed by atoms with E-state index in [9.17, 15) is 0 Å². The summed E-state index contributed by atoms with van der Waals surface area (Å²) in [7, 11) is 4.43. The number of thiophene rings is 1. The molecule has 1 aliphatic heterocycles. The van der Waals surface area contributed by atoms with Gasteiger partial charge in [-0.15, -0.1) is 11.3 Å². The molecule has 1 atom stereocenters. The second-order valence-corrected chi connectivity index (χ2v) is 5.64. The van der Waals surface area contributed by atoms with Gasteiger partial charge >= 0.3 is 0 Å². The summed E-state index contributed by atoms with van der Waals surface area (Å²) >= 11 is 1.82. The smallest absolute Gasteiger partial charge is 0.0345 e. The zero-order valence-electron chi connectivity index (χ0n) is 10.1. The van der Waals surface area contributed by atoms with Crippen molar-refractivity contribution < 1.29 is 0 Å². The van der Waals surface area contributed by atoms with Crippen LogP contribution in [0.1, 0.15) is 4.88 Å². The average molecular weight is 239 g/mol.